The van der Waals surface area contributed by atoms with Gasteiger partial charge in [0, 0.05) is 19.1 Å². The normalized spacial score (nSPS) is 11.7. The Morgan fingerprint density at radius 2 is 2.05 bits per heavy atom. The molecule has 8 heteroatoms. The highest BCUT2D eigenvalue weighted by molar-refractivity contribution is 5.76. The highest BCUT2D eigenvalue weighted by Crippen LogP contribution is 2.03. The first-order valence-corrected chi connectivity index (χ1v) is 6.00. The van der Waals surface area contributed by atoms with E-state index in [9.17, 15) is 14.4 Å². The SMILES string of the molecule is CCN(C(=O)NCCOCC(N)=O)C(C)CC(=O)O. The molecule has 110 valence electrons. The van der Waals surface area contributed by atoms with Crippen molar-refractivity contribution in [2.24, 2.45) is 5.73 Å². The van der Waals surface area contributed by atoms with E-state index >= 15 is 0 Å². The largest absolute Gasteiger partial charge is 0.481 e. The van der Waals surface area contributed by atoms with Gasteiger partial charge in [0.15, 0.2) is 0 Å². The van der Waals surface area contributed by atoms with Gasteiger partial charge in [-0.05, 0) is 13.8 Å². The van der Waals surface area contributed by atoms with E-state index in [4.69, 9.17) is 15.6 Å². The number of aliphatic carboxylic acids is 1. The van der Waals surface area contributed by atoms with Gasteiger partial charge in [-0.15, -0.1) is 0 Å². The van der Waals surface area contributed by atoms with Crippen LogP contribution >= 0.6 is 0 Å². The van der Waals surface area contributed by atoms with Crippen LogP contribution in [0.2, 0.25) is 0 Å². The lowest BCUT2D eigenvalue weighted by Gasteiger charge is -2.27. The molecule has 0 heterocycles. The van der Waals surface area contributed by atoms with Gasteiger partial charge in [-0.3, -0.25) is 9.59 Å². The van der Waals surface area contributed by atoms with E-state index in [1.54, 1.807) is 13.8 Å². The summed E-state index contributed by atoms with van der Waals surface area (Å²) in [5.74, 6) is -1.53. The zero-order chi connectivity index (χ0) is 14.8. The third kappa shape index (κ3) is 7.98. The monoisotopic (exact) mass is 275 g/mol. The number of amides is 3. The molecule has 0 bridgehead atoms. The van der Waals surface area contributed by atoms with Gasteiger partial charge >= 0.3 is 12.0 Å². The summed E-state index contributed by atoms with van der Waals surface area (Å²) in [6.45, 7) is 4.04. The number of carboxylic acid groups (broad SMARTS) is 1. The fourth-order valence-electron chi connectivity index (χ4n) is 1.52. The van der Waals surface area contributed by atoms with Crippen LogP contribution in [0.4, 0.5) is 4.79 Å². The van der Waals surface area contributed by atoms with E-state index in [0.717, 1.165) is 0 Å². The number of ether oxygens (including phenoxy) is 1. The van der Waals surface area contributed by atoms with Crippen LogP contribution in [0.1, 0.15) is 20.3 Å². The summed E-state index contributed by atoms with van der Waals surface area (Å²) in [6.07, 6.45) is -0.112. The Bertz CT molecular complexity index is 321. The van der Waals surface area contributed by atoms with E-state index in [2.05, 4.69) is 5.32 Å². The Hall–Kier alpha value is -1.83. The highest BCUT2D eigenvalue weighted by atomic mass is 16.5. The quantitative estimate of drug-likeness (QED) is 0.484. The standard InChI is InChI=1S/C11H21N3O5/c1-3-14(8(2)6-10(16)17)11(18)13-4-5-19-7-9(12)15/h8H,3-7H2,1-2H3,(H2,12,15)(H,13,18)(H,16,17). The van der Waals surface area contributed by atoms with Gasteiger partial charge in [-0.2, -0.15) is 0 Å². The van der Waals surface area contributed by atoms with Crippen LogP contribution in [0.3, 0.4) is 0 Å². The second-order valence-electron chi connectivity index (χ2n) is 3.98. The minimum atomic E-state index is -0.955. The molecule has 0 saturated heterocycles. The Morgan fingerprint density at radius 3 is 2.53 bits per heavy atom. The summed E-state index contributed by atoms with van der Waals surface area (Å²) in [7, 11) is 0. The molecule has 0 aromatic rings. The lowest BCUT2D eigenvalue weighted by molar-refractivity contribution is -0.138. The van der Waals surface area contributed by atoms with E-state index in [-0.39, 0.29) is 32.2 Å². The van der Waals surface area contributed by atoms with Gasteiger partial charge < -0.3 is 25.8 Å². The van der Waals surface area contributed by atoms with Crippen molar-refractivity contribution in [1.29, 1.82) is 0 Å². The fourth-order valence-corrected chi connectivity index (χ4v) is 1.52. The number of hydrogen-bond acceptors (Lipinski definition) is 4. The predicted molar refractivity (Wildman–Crippen MR) is 67.5 cm³/mol. The molecule has 4 N–H and O–H groups in total. The summed E-state index contributed by atoms with van der Waals surface area (Å²) in [6, 6.07) is -0.757. The van der Waals surface area contributed by atoms with Crippen molar-refractivity contribution in [2.75, 3.05) is 26.3 Å². The third-order valence-corrected chi connectivity index (χ3v) is 2.37. The lowest BCUT2D eigenvalue weighted by atomic mass is 10.2. The second-order valence-corrected chi connectivity index (χ2v) is 3.98. The smallest absolute Gasteiger partial charge is 0.317 e. The predicted octanol–water partition coefficient (Wildman–Crippen LogP) is -0.617. The summed E-state index contributed by atoms with van der Waals surface area (Å²) < 4.78 is 4.88. The van der Waals surface area contributed by atoms with Crippen molar-refractivity contribution in [2.45, 2.75) is 26.3 Å². The molecule has 0 aromatic heterocycles. The number of carbonyl (C=O) groups is 3. The molecule has 3 amide bonds. The number of primary amides is 1. The molecule has 0 saturated carbocycles. The van der Waals surface area contributed by atoms with Crippen molar-refractivity contribution in [3.8, 4) is 0 Å². The molecule has 1 atom stereocenters. The second kappa shape index (κ2) is 9.15. The maximum atomic E-state index is 11.8. The Labute approximate surface area is 111 Å². The summed E-state index contributed by atoms with van der Waals surface area (Å²) in [5, 5.41) is 11.3. The Morgan fingerprint density at radius 1 is 1.42 bits per heavy atom. The molecular weight excluding hydrogens is 254 g/mol. The minimum absolute atomic E-state index is 0.112. The molecule has 0 spiro atoms. The lowest BCUT2D eigenvalue weighted by Crippen LogP contribution is -2.46. The van der Waals surface area contributed by atoms with Crippen molar-refractivity contribution < 1.29 is 24.2 Å². The van der Waals surface area contributed by atoms with Crippen molar-refractivity contribution >= 4 is 17.9 Å². The van der Waals surface area contributed by atoms with Gasteiger partial charge in [0.2, 0.25) is 5.91 Å². The van der Waals surface area contributed by atoms with Gasteiger partial charge in [0.1, 0.15) is 6.61 Å². The number of nitrogens with one attached hydrogen (secondary N) is 1. The molecule has 0 radical (unpaired) electrons. The molecule has 0 aliphatic heterocycles. The average molecular weight is 275 g/mol. The topological polar surface area (TPSA) is 122 Å². The number of hydrogen-bond donors (Lipinski definition) is 3. The average Bonchev–Trinajstić information content (AvgIpc) is 2.27. The maximum absolute atomic E-state index is 11.8. The van der Waals surface area contributed by atoms with E-state index in [0.29, 0.717) is 6.54 Å². The Balaban J connectivity index is 4.00. The summed E-state index contributed by atoms with van der Waals surface area (Å²) in [4.78, 5) is 34.2. The van der Waals surface area contributed by atoms with Gasteiger partial charge in [0.25, 0.3) is 0 Å². The fraction of sp³-hybridized carbons (Fsp3) is 0.727. The summed E-state index contributed by atoms with van der Waals surface area (Å²) in [5.41, 5.74) is 4.88. The van der Waals surface area contributed by atoms with Crippen LogP contribution in [0, 0.1) is 0 Å². The first kappa shape index (κ1) is 17.2. The summed E-state index contributed by atoms with van der Waals surface area (Å²) >= 11 is 0. The maximum Gasteiger partial charge on any atom is 0.317 e. The minimum Gasteiger partial charge on any atom is -0.481 e. The first-order valence-electron chi connectivity index (χ1n) is 6.00. The molecule has 0 aliphatic carbocycles. The van der Waals surface area contributed by atoms with Crippen LogP contribution in [0.25, 0.3) is 0 Å². The number of rotatable bonds is 9. The van der Waals surface area contributed by atoms with Crippen molar-refractivity contribution in [1.82, 2.24) is 10.2 Å². The number of carbonyl (C=O) groups excluding carboxylic acids is 2. The molecular formula is C11H21N3O5. The van der Waals surface area contributed by atoms with Crippen LogP contribution in [-0.2, 0) is 14.3 Å². The number of nitrogens with zero attached hydrogens (tertiary/aromatic N) is 1. The molecule has 0 aliphatic rings. The van der Waals surface area contributed by atoms with Crippen molar-refractivity contribution in [3.05, 3.63) is 0 Å². The molecule has 0 aromatic carbocycles. The van der Waals surface area contributed by atoms with E-state index in [1.807, 2.05) is 0 Å². The molecule has 8 nitrogen and oxygen atoms in total. The van der Waals surface area contributed by atoms with Gasteiger partial charge in [-0.25, -0.2) is 4.79 Å². The molecule has 19 heavy (non-hydrogen) atoms. The molecule has 1 unspecified atom stereocenters. The molecule has 0 fully saturated rings. The zero-order valence-electron chi connectivity index (χ0n) is 11.2. The van der Waals surface area contributed by atoms with E-state index < -0.39 is 17.9 Å². The highest BCUT2D eigenvalue weighted by Gasteiger charge is 2.20. The Kier molecular flexibility index (Phi) is 8.27. The first-order chi connectivity index (χ1) is 8.88. The number of carboxylic acids is 1. The van der Waals surface area contributed by atoms with Crippen molar-refractivity contribution in [3.63, 3.8) is 0 Å². The van der Waals surface area contributed by atoms with Crippen LogP contribution < -0.4 is 11.1 Å². The van der Waals surface area contributed by atoms with Crippen LogP contribution in [0.5, 0.6) is 0 Å². The number of nitrogens with two attached hydrogens (primary N) is 1. The third-order valence-electron chi connectivity index (χ3n) is 2.37. The zero-order valence-corrected chi connectivity index (χ0v) is 11.2. The van der Waals surface area contributed by atoms with Gasteiger partial charge in [0.05, 0.1) is 13.0 Å². The van der Waals surface area contributed by atoms with Gasteiger partial charge in [-0.1, -0.05) is 0 Å². The molecule has 0 rings (SSSR count). The van der Waals surface area contributed by atoms with Crippen LogP contribution in [-0.4, -0.2) is 60.3 Å². The number of urea groups is 1. The van der Waals surface area contributed by atoms with E-state index in [1.165, 1.54) is 4.90 Å². The van der Waals surface area contributed by atoms with Crippen LogP contribution in [0.15, 0.2) is 0 Å².